The first-order valence-corrected chi connectivity index (χ1v) is 16.0. The Labute approximate surface area is 294 Å². The molecule has 0 aromatic heterocycles. The summed E-state index contributed by atoms with van der Waals surface area (Å²) in [6, 6.07) is 7.74. The molecule has 1 aromatic rings. The number of allylic oxidation sites excluding steroid dienone is 1. The number of carbonyl (C=O) groups excluding carboxylic acids is 5. The molecule has 2 aliphatic heterocycles. The number of hydrogen-bond acceptors (Lipinski definition) is 16. The summed E-state index contributed by atoms with van der Waals surface area (Å²) in [4.78, 5) is 64.8. The zero-order valence-electron chi connectivity index (χ0n) is 28.9. The number of unbranched alkanes of at least 4 members (excludes halogenated alkanes) is 1. The van der Waals surface area contributed by atoms with E-state index in [9.17, 15) is 29.5 Å². The van der Waals surface area contributed by atoms with Gasteiger partial charge in [-0.1, -0.05) is 41.5 Å². The van der Waals surface area contributed by atoms with Crippen molar-refractivity contribution >= 4 is 29.8 Å². The Morgan fingerprint density at radius 1 is 0.843 bits per heavy atom. The van der Waals surface area contributed by atoms with Crippen LogP contribution in [0.3, 0.4) is 0 Å². The molecular weight excluding hydrogens is 678 g/mol. The van der Waals surface area contributed by atoms with E-state index in [-0.39, 0.29) is 13.2 Å². The van der Waals surface area contributed by atoms with Crippen LogP contribution in [0.5, 0.6) is 0 Å². The highest BCUT2D eigenvalue weighted by molar-refractivity contribution is 5.77. The molecule has 3 rings (SSSR count). The maximum absolute atomic E-state index is 13.0. The fourth-order valence-electron chi connectivity index (χ4n) is 5.44. The van der Waals surface area contributed by atoms with Gasteiger partial charge < -0.3 is 47.4 Å². The molecule has 0 N–H and O–H groups in total. The van der Waals surface area contributed by atoms with Crippen molar-refractivity contribution in [1.29, 1.82) is 0 Å². The van der Waals surface area contributed by atoms with Crippen molar-refractivity contribution in [3.05, 3.63) is 59.0 Å². The number of esters is 5. The molecule has 18 heteroatoms. The second-order valence-corrected chi connectivity index (χ2v) is 11.4. The van der Waals surface area contributed by atoms with Crippen LogP contribution in [0.25, 0.3) is 10.4 Å². The largest absolute Gasteiger partial charge is 0.467 e. The molecule has 0 bridgehead atoms. The zero-order chi connectivity index (χ0) is 37.5. The molecule has 0 unspecified atom stereocenters. The highest BCUT2D eigenvalue weighted by atomic mass is 16.8. The highest BCUT2D eigenvalue weighted by Gasteiger charge is 2.58. The number of carbonyl (C=O) groups is 5. The number of rotatable bonds is 17. The molecule has 2 fully saturated rings. The monoisotopic (exact) mass is 721 g/mol. The standard InChI is InChI=1S/C33H43N3O15/c1-7-8-12-15-43-32-24(35-36-34)26(45-16-22-13-10-9-11-14-22)25(23(49-32)17-44-18(2)37)50-33-30(48-21(5)40)28(47-20(4)39)27(46-19(3)38)29(51-33)31(41)42-6/h7,9-11,13-14,23-30,32-33H,1,8,12,15-17H2,2-6H3/t23-,24-,25-,26-,27+,28+,29+,30-,32-,33-/m1/s1. The quantitative estimate of drug-likeness (QED) is 0.0428. The van der Waals surface area contributed by atoms with Crippen LogP contribution in [-0.4, -0.2) is 112 Å². The van der Waals surface area contributed by atoms with Crippen LogP contribution >= 0.6 is 0 Å². The maximum atomic E-state index is 13.0. The van der Waals surface area contributed by atoms with Crippen LogP contribution in [-0.2, 0) is 77.9 Å². The van der Waals surface area contributed by atoms with Crippen molar-refractivity contribution in [2.24, 2.45) is 5.11 Å². The molecule has 0 spiro atoms. The summed E-state index contributed by atoms with van der Waals surface area (Å²) >= 11 is 0. The molecule has 0 aliphatic carbocycles. The first-order valence-electron chi connectivity index (χ1n) is 16.0. The normalized spacial score (nSPS) is 28.6. The van der Waals surface area contributed by atoms with Gasteiger partial charge >= 0.3 is 29.8 Å². The van der Waals surface area contributed by atoms with Gasteiger partial charge in [-0.25, -0.2) is 4.79 Å². The molecule has 0 saturated carbocycles. The van der Waals surface area contributed by atoms with Gasteiger partial charge in [0.25, 0.3) is 0 Å². The SMILES string of the molecule is C=CCCCO[C@@H]1O[C@H](COC(C)=O)[C@@H](O[C@@H]2O[C@H](C(=O)OC)[C@@H](OC(C)=O)[C@H](OC(C)=O)[C@H]2OC(C)=O)[C@H](OCc2ccccc2)[C@H]1N=[N+]=[N-]. The number of ether oxygens (including phenoxy) is 10. The summed E-state index contributed by atoms with van der Waals surface area (Å²) in [5.74, 6) is -4.39. The van der Waals surface area contributed by atoms with Crippen LogP contribution in [0.4, 0.5) is 0 Å². The third-order valence-corrected chi connectivity index (χ3v) is 7.50. The Hall–Kier alpha value is -4.58. The number of azide groups is 1. The molecule has 0 amide bonds. The van der Waals surface area contributed by atoms with Crippen molar-refractivity contribution in [3.8, 4) is 0 Å². The number of methoxy groups -OCH3 is 1. The molecule has 1 aromatic carbocycles. The van der Waals surface area contributed by atoms with Crippen LogP contribution in [0, 0.1) is 0 Å². The van der Waals surface area contributed by atoms with Crippen LogP contribution in [0.2, 0.25) is 0 Å². The Morgan fingerprint density at radius 2 is 1.49 bits per heavy atom. The molecular formula is C33H43N3O15. The summed E-state index contributed by atoms with van der Waals surface area (Å²) in [6.45, 7) is 7.70. The minimum Gasteiger partial charge on any atom is -0.467 e. The van der Waals surface area contributed by atoms with Gasteiger partial charge in [0.15, 0.2) is 37.0 Å². The Bertz CT molecular complexity index is 1400. The van der Waals surface area contributed by atoms with E-state index in [1.807, 2.05) is 6.07 Å². The smallest absolute Gasteiger partial charge is 0.339 e. The third-order valence-electron chi connectivity index (χ3n) is 7.50. The fourth-order valence-corrected chi connectivity index (χ4v) is 5.44. The summed E-state index contributed by atoms with van der Waals surface area (Å²) in [7, 11) is 1.04. The van der Waals surface area contributed by atoms with Gasteiger partial charge in [-0.2, -0.15) is 0 Å². The van der Waals surface area contributed by atoms with E-state index in [2.05, 4.69) is 16.6 Å². The van der Waals surface area contributed by atoms with E-state index in [1.165, 1.54) is 6.92 Å². The molecule has 18 nitrogen and oxygen atoms in total. The molecule has 280 valence electrons. The topological polar surface area (TPSA) is 226 Å². The second-order valence-electron chi connectivity index (χ2n) is 11.4. The summed E-state index contributed by atoms with van der Waals surface area (Å²) in [5.41, 5.74) is 10.3. The highest BCUT2D eigenvalue weighted by Crippen LogP contribution is 2.36. The van der Waals surface area contributed by atoms with Crippen LogP contribution in [0.1, 0.15) is 46.1 Å². The van der Waals surface area contributed by atoms with Crippen LogP contribution in [0.15, 0.2) is 48.1 Å². The molecule has 10 atom stereocenters. The Balaban J connectivity index is 2.15. The van der Waals surface area contributed by atoms with E-state index < -0.39 is 97.8 Å². The van der Waals surface area contributed by atoms with Gasteiger partial charge in [-0.3, -0.25) is 19.2 Å². The lowest BCUT2D eigenvalue weighted by molar-refractivity contribution is -0.347. The Morgan fingerprint density at radius 3 is 2.08 bits per heavy atom. The van der Waals surface area contributed by atoms with Gasteiger partial charge in [0.2, 0.25) is 0 Å². The predicted molar refractivity (Wildman–Crippen MR) is 171 cm³/mol. The van der Waals surface area contributed by atoms with Gasteiger partial charge in [-0.15, -0.1) is 6.58 Å². The minimum absolute atomic E-state index is 0.0411. The van der Waals surface area contributed by atoms with E-state index in [0.29, 0.717) is 12.8 Å². The lowest BCUT2D eigenvalue weighted by atomic mass is 9.95. The van der Waals surface area contributed by atoms with E-state index in [4.69, 9.17) is 47.4 Å². The average molecular weight is 722 g/mol. The summed E-state index contributed by atoms with van der Waals surface area (Å²) < 4.78 is 57.4. The van der Waals surface area contributed by atoms with E-state index in [0.717, 1.165) is 33.4 Å². The number of nitrogens with zero attached hydrogens (tertiary/aromatic N) is 3. The van der Waals surface area contributed by atoms with Crippen molar-refractivity contribution in [2.75, 3.05) is 20.3 Å². The second kappa shape index (κ2) is 20.3. The van der Waals surface area contributed by atoms with E-state index >= 15 is 0 Å². The van der Waals surface area contributed by atoms with Crippen molar-refractivity contribution in [2.45, 2.75) is 108 Å². The minimum atomic E-state index is -1.79. The molecule has 2 aliphatic rings. The predicted octanol–water partition coefficient (Wildman–Crippen LogP) is 2.60. The molecule has 2 saturated heterocycles. The number of benzene rings is 1. The fraction of sp³-hybridized carbons (Fsp3) is 0.606. The first-order chi connectivity index (χ1) is 24.4. The average Bonchev–Trinajstić information content (AvgIpc) is 3.08. The lowest BCUT2D eigenvalue weighted by Crippen LogP contribution is -2.67. The van der Waals surface area contributed by atoms with Gasteiger partial charge in [0, 0.05) is 32.6 Å². The van der Waals surface area contributed by atoms with Gasteiger partial charge in [0.1, 0.15) is 31.0 Å². The zero-order valence-corrected chi connectivity index (χ0v) is 28.9. The number of hydrogen-bond donors (Lipinski definition) is 0. The molecule has 0 radical (unpaired) electrons. The summed E-state index contributed by atoms with van der Waals surface area (Å²) in [6.07, 6.45) is -10.8. The summed E-state index contributed by atoms with van der Waals surface area (Å²) in [5, 5.41) is 3.92. The molecule has 2 heterocycles. The first kappa shape index (κ1) is 40.8. The third kappa shape index (κ3) is 12.0. The Kier molecular flexibility index (Phi) is 16.3. The van der Waals surface area contributed by atoms with Crippen LogP contribution < -0.4 is 0 Å². The lowest BCUT2D eigenvalue weighted by Gasteiger charge is -2.48. The van der Waals surface area contributed by atoms with E-state index in [1.54, 1.807) is 30.3 Å². The van der Waals surface area contributed by atoms with Crippen molar-refractivity contribution in [3.63, 3.8) is 0 Å². The van der Waals surface area contributed by atoms with Crippen molar-refractivity contribution in [1.82, 2.24) is 0 Å². The molecule has 51 heavy (non-hydrogen) atoms. The van der Waals surface area contributed by atoms with Gasteiger partial charge in [-0.05, 0) is 23.9 Å². The van der Waals surface area contributed by atoms with Crippen molar-refractivity contribution < 1.29 is 71.3 Å². The maximum Gasteiger partial charge on any atom is 0.339 e. The van der Waals surface area contributed by atoms with Gasteiger partial charge in [0.05, 0.1) is 20.3 Å².